The average molecular weight is 516 g/mol. The molecule has 2 aliphatic heterocycles. The predicted molar refractivity (Wildman–Crippen MR) is 135 cm³/mol. The van der Waals surface area contributed by atoms with Crippen LogP contribution in [0, 0.1) is 0 Å². The summed E-state index contributed by atoms with van der Waals surface area (Å²) in [6.45, 7) is -0.111. The number of aliphatic carboxylic acids is 1. The normalized spacial score (nSPS) is 17.4. The maximum absolute atomic E-state index is 13.4. The Morgan fingerprint density at radius 1 is 1.06 bits per heavy atom. The van der Waals surface area contributed by atoms with E-state index in [0.717, 1.165) is 11.8 Å². The summed E-state index contributed by atoms with van der Waals surface area (Å²) in [6, 6.07) is 13.6. The third kappa shape index (κ3) is 4.84. The molecule has 2 heterocycles. The molecule has 2 aromatic rings. The highest BCUT2D eigenvalue weighted by Crippen LogP contribution is 2.44. The number of carboxylic acids is 1. The molecule has 0 aromatic heterocycles. The Kier molecular flexibility index (Phi) is 7.01. The van der Waals surface area contributed by atoms with E-state index in [2.05, 4.69) is 5.32 Å². The fourth-order valence-electron chi connectivity index (χ4n) is 3.70. The first-order valence-corrected chi connectivity index (χ1v) is 11.8. The van der Waals surface area contributed by atoms with Crippen molar-refractivity contribution >= 4 is 80.5 Å². The molecule has 1 saturated heterocycles. The molecule has 0 spiro atoms. The highest BCUT2D eigenvalue weighted by atomic mass is 35.5. The molecule has 2 aliphatic rings. The molecule has 4 rings (SSSR count). The molecular weight excluding hydrogens is 498 g/mol. The molecule has 0 atom stereocenters. The van der Waals surface area contributed by atoms with Gasteiger partial charge in [-0.05, 0) is 30.7 Å². The van der Waals surface area contributed by atoms with Crippen molar-refractivity contribution in [2.45, 2.75) is 12.8 Å². The molecule has 0 aliphatic carbocycles. The number of hydrogen-bond donors (Lipinski definition) is 2. The van der Waals surface area contributed by atoms with Crippen molar-refractivity contribution in [1.29, 1.82) is 0 Å². The number of carbonyl (C=O) groups is 4. The number of nitrogens with one attached hydrogen (secondary N) is 1. The van der Waals surface area contributed by atoms with Gasteiger partial charge in [-0.1, -0.05) is 59.8 Å². The van der Waals surface area contributed by atoms with Crippen LogP contribution in [0.15, 0.2) is 53.4 Å². The first-order valence-electron chi connectivity index (χ1n) is 10.2. The fourth-order valence-corrected chi connectivity index (χ4v) is 5.27. The van der Waals surface area contributed by atoms with E-state index < -0.39 is 23.7 Å². The second-order valence-corrected chi connectivity index (χ2v) is 9.57. The summed E-state index contributed by atoms with van der Waals surface area (Å²) in [5.41, 5.74) is 1.73. The molecule has 0 unspecified atom stereocenters. The van der Waals surface area contributed by atoms with Crippen LogP contribution in [-0.4, -0.2) is 51.1 Å². The van der Waals surface area contributed by atoms with Gasteiger partial charge < -0.3 is 10.4 Å². The smallest absolute Gasteiger partial charge is 0.303 e. The van der Waals surface area contributed by atoms with Crippen LogP contribution in [0.5, 0.6) is 0 Å². The zero-order chi connectivity index (χ0) is 24.4. The lowest BCUT2D eigenvalue weighted by Gasteiger charge is -2.17. The Morgan fingerprint density at radius 2 is 1.82 bits per heavy atom. The van der Waals surface area contributed by atoms with Gasteiger partial charge in [0.1, 0.15) is 10.9 Å². The molecule has 0 radical (unpaired) electrons. The number of thioether (sulfide) groups is 1. The molecule has 1 fully saturated rings. The van der Waals surface area contributed by atoms with E-state index in [-0.39, 0.29) is 40.7 Å². The SMILES string of the molecule is O=C(O)CCCN1C(=O)/C(=C2\C(=O)N(CC(=O)Nc3cccc(Cl)c3)c3ccccc32)SC1=S. The van der Waals surface area contributed by atoms with Gasteiger partial charge in [0.2, 0.25) is 5.91 Å². The molecule has 11 heteroatoms. The number of carbonyl (C=O) groups excluding carboxylic acids is 3. The quantitative estimate of drug-likeness (QED) is 0.427. The zero-order valence-electron chi connectivity index (χ0n) is 17.6. The van der Waals surface area contributed by atoms with Gasteiger partial charge in [-0.25, -0.2) is 0 Å². The summed E-state index contributed by atoms with van der Waals surface area (Å²) in [7, 11) is 0. The summed E-state index contributed by atoms with van der Waals surface area (Å²) >= 11 is 12.3. The first-order chi connectivity index (χ1) is 16.3. The van der Waals surface area contributed by atoms with Gasteiger partial charge >= 0.3 is 5.97 Å². The minimum atomic E-state index is -0.963. The molecule has 0 bridgehead atoms. The van der Waals surface area contributed by atoms with Crippen molar-refractivity contribution in [3.8, 4) is 0 Å². The molecule has 2 aromatic carbocycles. The number of carboxylic acid groups (broad SMARTS) is 1. The van der Waals surface area contributed by atoms with E-state index in [1.54, 1.807) is 48.5 Å². The lowest BCUT2D eigenvalue weighted by molar-refractivity contribution is -0.137. The Morgan fingerprint density at radius 3 is 2.56 bits per heavy atom. The minimum absolute atomic E-state index is 0.0970. The maximum Gasteiger partial charge on any atom is 0.303 e. The third-order valence-corrected chi connectivity index (χ3v) is 6.87. The monoisotopic (exact) mass is 515 g/mol. The summed E-state index contributed by atoms with van der Waals surface area (Å²) in [4.78, 5) is 52.8. The van der Waals surface area contributed by atoms with Crippen LogP contribution < -0.4 is 10.2 Å². The maximum atomic E-state index is 13.4. The van der Waals surface area contributed by atoms with E-state index in [1.807, 2.05) is 0 Å². The van der Waals surface area contributed by atoms with Crippen LogP contribution in [0.4, 0.5) is 11.4 Å². The minimum Gasteiger partial charge on any atom is -0.481 e. The third-order valence-electron chi connectivity index (χ3n) is 5.18. The van der Waals surface area contributed by atoms with Crippen molar-refractivity contribution in [3.05, 3.63) is 64.0 Å². The van der Waals surface area contributed by atoms with E-state index in [9.17, 15) is 19.2 Å². The predicted octanol–water partition coefficient (Wildman–Crippen LogP) is 3.76. The van der Waals surface area contributed by atoms with E-state index >= 15 is 0 Å². The van der Waals surface area contributed by atoms with Crippen LogP contribution in [0.2, 0.25) is 5.02 Å². The number of benzene rings is 2. The second kappa shape index (κ2) is 9.96. The summed E-state index contributed by atoms with van der Waals surface area (Å²) < 4.78 is 0.264. The topological polar surface area (TPSA) is 107 Å². The standard InChI is InChI=1S/C23H18ClN3O5S2/c24-13-5-3-6-14(11-13)25-17(28)12-27-16-8-2-1-7-15(16)19(21(27)31)20-22(32)26(23(33)34-20)10-4-9-18(29)30/h1-3,5-8,11H,4,9-10,12H2,(H,25,28)(H,29,30)/b20-19+. The molecule has 174 valence electrons. The number of fused-ring (bicyclic) bond motifs is 1. The Balaban J connectivity index is 1.59. The van der Waals surface area contributed by atoms with Crippen molar-refractivity contribution in [2.75, 3.05) is 23.3 Å². The van der Waals surface area contributed by atoms with Crippen molar-refractivity contribution < 1.29 is 24.3 Å². The molecule has 3 amide bonds. The second-order valence-electron chi connectivity index (χ2n) is 7.49. The van der Waals surface area contributed by atoms with E-state index in [1.165, 1.54) is 9.80 Å². The van der Waals surface area contributed by atoms with Crippen LogP contribution >= 0.6 is 35.6 Å². The number of para-hydroxylation sites is 1. The average Bonchev–Trinajstić information content (AvgIpc) is 3.21. The van der Waals surface area contributed by atoms with Crippen LogP contribution in [0.3, 0.4) is 0 Å². The highest BCUT2D eigenvalue weighted by Gasteiger charge is 2.42. The van der Waals surface area contributed by atoms with Crippen molar-refractivity contribution in [3.63, 3.8) is 0 Å². The number of thiocarbonyl (C=S) groups is 1. The first kappa shape index (κ1) is 23.9. The van der Waals surface area contributed by atoms with Gasteiger partial charge in [0.15, 0.2) is 0 Å². The Bertz CT molecular complexity index is 1260. The van der Waals surface area contributed by atoms with Gasteiger partial charge in [0, 0.05) is 29.2 Å². The van der Waals surface area contributed by atoms with Crippen LogP contribution in [0.25, 0.3) is 5.57 Å². The summed E-state index contributed by atoms with van der Waals surface area (Å²) in [6.07, 6.45) is 0.144. The Labute approximate surface area is 209 Å². The zero-order valence-corrected chi connectivity index (χ0v) is 20.0. The number of amides is 3. The highest BCUT2D eigenvalue weighted by molar-refractivity contribution is 8.26. The van der Waals surface area contributed by atoms with E-state index in [4.69, 9.17) is 28.9 Å². The van der Waals surface area contributed by atoms with Crippen molar-refractivity contribution in [1.82, 2.24) is 4.90 Å². The number of rotatable bonds is 7. The number of anilines is 2. The van der Waals surface area contributed by atoms with Gasteiger partial charge in [-0.3, -0.25) is 29.0 Å². The molecule has 34 heavy (non-hydrogen) atoms. The molecule has 0 saturated carbocycles. The van der Waals surface area contributed by atoms with Crippen LogP contribution in [-0.2, 0) is 19.2 Å². The van der Waals surface area contributed by atoms with Gasteiger partial charge in [-0.15, -0.1) is 0 Å². The Hall–Kier alpha value is -3.21. The lowest BCUT2D eigenvalue weighted by Crippen LogP contribution is -2.35. The summed E-state index contributed by atoms with van der Waals surface area (Å²) in [5, 5.41) is 12.0. The lowest BCUT2D eigenvalue weighted by atomic mass is 10.1. The molecular formula is C23H18ClN3O5S2. The number of hydrogen-bond acceptors (Lipinski definition) is 6. The molecule has 2 N–H and O–H groups in total. The largest absolute Gasteiger partial charge is 0.481 e. The van der Waals surface area contributed by atoms with Gasteiger partial charge in [-0.2, -0.15) is 0 Å². The number of nitrogens with zero attached hydrogens (tertiary/aromatic N) is 2. The van der Waals surface area contributed by atoms with Crippen LogP contribution in [0.1, 0.15) is 18.4 Å². The number of halogens is 1. The van der Waals surface area contributed by atoms with Gasteiger partial charge in [0.05, 0.1) is 16.2 Å². The van der Waals surface area contributed by atoms with Crippen molar-refractivity contribution in [2.24, 2.45) is 0 Å². The van der Waals surface area contributed by atoms with Gasteiger partial charge in [0.25, 0.3) is 11.8 Å². The van der Waals surface area contributed by atoms with E-state index in [0.29, 0.717) is 22.0 Å². The fraction of sp³-hybridized carbons (Fsp3) is 0.174. The summed E-state index contributed by atoms with van der Waals surface area (Å²) in [5.74, 6) is -2.31. The molecule has 8 nitrogen and oxygen atoms in total.